The van der Waals surface area contributed by atoms with Gasteiger partial charge in [0, 0.05) is 18.2 Å². The van der Waals surface area contributed by atoms with Gasteiger partial charge in [0.05, 0.1) is 0 Å². The first kappa shape index (κ1) is 16.4. The van der Waals surface area contributed by atoms with Gasteiger partial charge in [0.15, 0.2) is 0 Å². The summed E-state index contributed by atoms with van der Waals surface area (Å²) in [5.74, 6) is -0.165. The molecule has 102 valence electrons. The van der Waals surface area contributed by atoms with Crippen molar-refractivity contribution >= 4 is 11.8 Å². The molecule has 0 spiro atoms. The van der Waals surface area contributed by atoms with Gasteiger partial charge in [0.2, 0.25) is 0 Å². The minimum atomic E-state index is -0.691. The summed E-state index contributed by atoms with van der Waals surface area (Å²) in [6.45, 7) is 8.23. The first-order valence-corrected chi connectivity index (χ1v) is 5.96. The molecule has 1 aromatic rings. The van der Waals surface area contributed by atoms with Gasteiger partial charge in [-0.1, -0.05) is 20.8 Å². The summed E-state index contributed by atoms with van der Waals surface area (Å²) >= 11 is 0. The maximum atomic E-state index is 10.1. The van der Waals surface area contributed by atoms with Crippen LogP contribution in [0.2, 0.25) is 0 Å². The van der Waals surface area contributed by atoms with Crippen LogP contribution in [0, 0.1) is 12.3 Å². The van der Waals surface area contributed by atoms with Crippen LogP contribution in [0.15, 0.2) is 12.4 Å². The Morgan fingerprint density at radius 2 is 2.00 bits per heavy atom. The second kappa shape index (κ2) is 7.63. The van der Waals surface area contributed by atoms with E-state index in [0.29, 0.717) is 12.2 Å². The average molecular weight is 253 g/mol. The molecule has 0 aliphatic rings. The Labute approximate surface area is 108 Å². The molecule has 0 bridgehead atoms. The molecule has 5 heteroatoms. The van der Waals surface area contributed by atoms with Crippen LogP contribution in [-0.2, 0) is 4.79 Å². The molecule has 0 saturated heterocycles. The highest BCUT2D eigenvalue weighted by Gasteiger charge is 2.09. The smallest absolute Gasteiger partial charge is 0.303 e. The minimum Gasteiger partial charge on any atom is -0.481 e. The van der Waals surface area contributed by atoms with Gasteiger partial charge in [0.25, 0.3) is 0 Å². The minimum absolute atomic E-state index is 0.273. The lowest BCUT2D eigenvalue weighted by Crippen LogP contribution is -2.05. The number of hydrogen-bond acceptors (Lipinski definition) is 4. The Morgan fingerprint density at radius 1 is 1.39 bits per heavy atom. The number of hydrogen-bond donors (Lipinski definition) is 2. The number of carboxylic acid groups (broad SMARTS) is 1. The molecule has 18 heavy (non-hydrogen) atoms. The van der Waals surface area contributed by atoms with E-state index in [4.69, 9.17) is 10.8 Å². The summed E-state index contributed by atoms with van der Waals surface area (Å²) in [6, 6.07) is 1.72. The van der Waals surface area contributed by atoms with Crippen molar-refractivity contribution in [2.45, 2.75) is 47.0 Å². The van der Waals surface area contributed by atoms with E-state index in [0.717, 1.165) is 18.5 Å². The van der Waals surface area contributed by atoms with Crippen LogP contribution >= 0.6 is 0 Å². The van der Waals surface area contributed by atoms with Crippen molar-refractivity contribution in [2.75, 3.05) is 5.73 Å². The lowest BCUT2D eigenvalue weighted by molar-refractivity contribution is -0.137. The van der Waals surface area contributed by atoms with Crippen molar-refractivity contribution in [3.05, 3.63) is 18.1 Å². The van der Waals surface area contributed by atoms with Crippen LogP contribution in [-0.4, -0.2) is 21.0 Å². The Balaban J connectivity index is 0.000000327. The second-order valence-corrected chi connectivity index (χ2v) is 5.39. The number of aromatic nitrogens is 2. The summed E-state index contributed by atoms with van der Waals surface area (Å²) in [4.78, 5) is 17.6. The van der Waals surface area contributed by atoms with Crippen molar-refractivity contribution in [3.63, 3.8) is 0 Å². The van der Waals surface area contributed by atoms with Gasteiger partial charge < -0.3 is 10.8 Å². The van der Waals surface area contributed by atoms with Gasteiger partial charge in [0.1, 0.15) is 12.1 Å². The molecule has 0 atom stereocenters. The first-order valence-electron chi connectivity index (χ1n) is 5.96. The quantitative estimate of drug-likeness (QED) is 0.864. The van der Waals surface area contributed by atoms with Crippen molar-refractivity contribution in [1.82, 2.24) is 9.97 Å². The highest BCUT2D eigenvalue weighted by molar-refractivity contribution is 5.66. The molecule has 0 saturated carbocycles. The number of rotatable bonds is 3. The lowest BCUT2D eigenvalue weighted by atomic mass is 9.90. The SMILES string of the molecule is CC(C)(C)CCCC(=O)O.Cc1cc(N)ncn1. The highest BCUT2D eigenvalue weighted by Crippen LogP contribution is 2.21. The number of carbonyl (C=O) groups is 1. The molecule has 1 heterocycles. The zero-order chi connectivity index (χ0) is 14.2. The molecular formula is C13H23N3O2. The van der Waals surface area contributed by atoms with E-state index in [1.807, 2.05) is 6.92 Å². The third kappa shape index (κ3) is 10.9. The van der Waals surface area contributed by atoms with Crippen LogP contribution in [0.3, 0.4) is 0 Å². The van der Waals surface area contributed by atoms with E-state index < -0.39 is 5.97 Å². The number of nitrogen functional groups attached to an aromatic ring is 1. The summed E-state index contributed by atoms with van der Waals surface area (Å²) in [6.07, 6.45) is 3.53. The number of aryl methyl sites for hydroxylation is 1. The Kier molecular flexibility index (Phi) is 6.93. The molecule has 5 nitrogen and oxygen atoms in total. The first-order chi connectivity index (χ1) is 8.20. The Bertz CT molecular complexity index is 355. The second-order valence-electron chi connectivity index (χ2n) is 5.39. The van der Waals surface area contributed by atoms with E-state index >= 15 is 0 Å². The highest BCUT2D eigenvalue weighted by atomic mass is 16.4. The predicted molar refractivity (Wildman–Crippen MR) is 72.1 cm³/mol. The van der Waals surface area contributed by atoms with Crippen LogP contribution in [0.4, 0.5) is 5.82 Å². The van der Waals surface area contributed by atoms with Gasteiger partial charge in [-0.3, -0.25) is 4.79 Å². The number of anilines is 1. The zero-order valence-corrected chi connectivity index (χ0v) is 11.6. The number of nitrogens with two attached hydrogens (primary N) is 1. The van der Waals surface area contributed by atoms with E-state index in [2.05, 4.69) is 30.7 Å². The molecule has 0 fully saturated rings. The molecule has 0 amide bonds. The standard InChI is InChI=1S/C8H16O2.C5H7N3/c1-8(2,3)6-4-5-7(9)10;1-4-2-5(6)8-3-7-4/h4-6H2,1-3H3,(H,9,10);2-3H,1H3,(H2,6,7,8). The average Bonchev–Trinajstić information content (AvgIpc) is 2.15. The van der Waals surface area contributed by atoms with Gasteiger partial charge in [-0.25, -0.2) is 9.97 Å². The van der Waals surface area contributed by atoms with Crippen LogP contribution in [0.5, 0.6) is 0 Å². The topological polar surface area (TPSA) is 89.1 Å². The fourth-order valence-corrected chi connectivity index (χ4v) is 1.25. The molecule has 3 N–H and O–H groups in total. The molecule has 1 rings (SSSR count). The molecule has 0 aliphatic heterocycles. The van der Waals surface area contributed by atoms with Crippen molar-refractivity contribution in [3.8, 4) is 0 Å². The number of aliphatic carboxylic acids is 1. The number of nitrogens with zero attached hydrogens (tertiary/aromatic N) is 2. The summed E-state index contributed by atoms with van der Waals surface area (Å²) in [5.41, 5.74) is 6.48. The lowest BCUT2D eigenvalue weighted by Gasteiger charge is -2.16. The van der Waals surface area contributed by atoms with E-state index in [-0.39, 0.29) is 5.41 Å². The third-order valence-electron chi connectivity index (χ3n) is 2.14. The van der Waals surface area contributed by atoms with Gasteiger partial charge in [-0.05, 0) is 25.2 Å². The summed E-state index contributed by atoms with van der Waals surface area (Å²) < 4.78 is 0. The van der Waals surface area contributed by atoms with Gasteiger partial charge in [-0.15, -0.1) is 0 Å². The maximum Gasteiger partial charge on any atom is 0.303 e. The molecule has 0 aromatic carbocycles. The molecule has 1 aromatic heterocycles. The van der Waals surface area contributed by atoms with Crippen LogP contribution in [0.25, 0.3) is 0 Å². The largest absolute Gasteiger partial charge is 0.481 e. The predicted octanol–water partition coefficient (Wildman–Crippen LogP) is 2.65. The van der Waals surface area contributed by atoms with Crippen molar-refractivity contribution in [2.24, 2.45) is 5.41 Å². The van der Waals surface area contributed by atoms with E-state index in [1.54, 1.807) is 6.07 Å². The fraction of sp³-hybridized carbons (Fsp3) is 0.615. The van der Waals surface area contributed by atoms with Crippen LogP contribution < -0.4 is 5.73 Å². The third-order valence-corrected chi connectivity index (χ3v) is 2.14. The molecular weight excluding hydrogens is 230 g/mol. The van der Waals surface area contributed by atoms with E-state index in [9.17, 15) is 4.79 Å². The fourth-order valence-electron chi connectivity index (χ4n) is 1.25. The number of carboxylic acids is 1. The van der Waals surface area contributed by atoms with E-state index in [1.165, 1.54) is 6.33 Å². The van der Waals surface area contributed by atoms with Crippen molar-refractivity contribution in [1.29, 1.82) is 0 Å². The van der Waals surface area contributed by atoms with Crippen LogP contribution in [0.1, 0.15) is 45.7 Å². The Morgan fingerprint density at radius 3 is 2.33 bits per heavy atom. The molecule has 0 unspecified atom stereocenters. The Hall–Kier alpha value is -1.65. The van der Waals surface area contributed by atoms with Gasteiger partial charge in [-0.2, -0.15) is 0 Å². The summed E-state index contributed by atoms with van der Waals surface area (Å²) in [7, 11) is 0. The summed E-state index contributed by atoms with van der Waals surface area (Å²) in [5, 5.41) is 8.31. The van der Waals surface area contributed by atoms with Crippen molar-refractivity contribution < 1.29 is 9.90 Å². The monoisotopic (exact) mass is 253 g/mol. The van der Waals surface area contributed by atoms with Gasteiger partial charge >= 0.3 is 5.97 Å². The molecule has 0 radical (unpaired) electrons. The molecule has 0 aliphatic carbocycles. The normalized spacial score (nSPS) is 10.4. The zero-order valence-electron chi connectivity index (χ0n) is 11.6. The maximum absolute atomic E-state index is 10.1.